The highest BCUT2D eigenvalue weighted by Crippen LogP contribution is 2.36. The highest BCUT2D eigenvalue weighted by atomic mass is 35.5. The first-order chi connectivity index (χ1) is 9.93. The first-order valence-corrected chi connectivity index (χ1v) is 8.52. The fraction of sp³-hybridized carbons (Fsp3) is 0.647. The minimum absolute atomic E-state index is 0.269. The molecule has 0 radical (unpaired) electrons. The van der Waals surface area contributed by atoms with Gasteiger partial charge in [-0.2, -0.15) is 0 Å². The van der Waals surface area contributed by atoms with Crippen molar-refractivity contribution in [1.82, 2.24) is 5.32 Å². The van der Waals surface area contributed by atoms with Crippen molar-refractivity contribution < 1.29 is 4.74 Å². The molecule has 118 valence electrons. The number of likely N-dealkylation sites (N-methyl/N-ethyl adjacent to an activating group) is 1. The fourth-order valence-corrected chi connectivity index (χ4v) is 4.00. The van der Waals surface area contributed by atoms with Crippen LogP contribution in [0.25, 0.3) is 0 Å². The molecule has 1 aliphatic heterocycles. The summed E-state index contributed by atoms with van der Waals surface area (Å²) in [6.07, 6.45) is 1.48. The van der Waals surface area contributed by atoms with Crippen molar-refractivity contribution in [2.24, 2.45) is 11.8 Å². The molecule has 21 heavy (non-hydrogen) atoms. The van der Waals surface area contributed by atoms with Crippen molar-refractivity contribution in [3.05, 3.63) is 33.8 Å². The highest BCUT2D eigenvalue weighted by molar-refractivity contribution is 6.35. The molecule has 2 nitrogen and oxygen atoms in total. The molecule has 0 aromatic heterocycles. The van der Waals surface area contributed by atoms with E-state index in [1.807, 2.05) is 18.2 Å². The average molecular weight is 330 g/mol. The lowest BCUT2D eigenvalue weighted by molar-refractivity contribution is 0.0476. The van der Waals surface area contributed by atoms with Crippen LogP contribution >= 0.6 is 23.2 Å². The van der Waals surface area contributed by atoms with Gasteiger partial charge in [0.25, 0.3) is 0 Å². The van der Waals surface area contributed by atoms with Gasteiger partial charge in [0.2, 0.25) is 0 Å². The normalized spacial score (nSPS) is 30.6. The van der Waals surface area contributed by atoms with Crippen molar-refractivity contribution in [1.29, 1.82) is 0 Å². The summed E-state index contributed by atoms with van der Waals surface area (Å²) in [4.78, 5) is 0. The number of benzene rings is 1. The molecule has 5 unspecified atom stereocenters. The molecule has 1 N–H and O–H groups in total. The Balaban J connectivity index is 2.19. The zero-order chi connectivity index (χ0) is 15.6. The van der Waals surface area contributed by atoms with E-state index in [1.165, 1.54) is 0 Å². The van der Waals surface area contributed by atoms with Crippen LogP contribution in [0.15, 0.2) is 18.2 Å². The monoisotopic (exact) mass is 329 g/mol. The van der Waals surface area contributed by atoms with Crippen LogP contribution in [0, 0.1) is 11.8 Å². The quantitative estimate of drug-likeness (QED) is 0.854. The van der Waals surface area contributed by atoms with Crippen LogP contribution in [0.3, 0.4) is 0 Å². The summed E-state index contributed by atoms with van der Waals surface area (Å²) < 4.78 is 6.01. The van der Waals surface area contributed by atoms with E-state index in [4.69, 9.17) is 27.9 Å². The van der Waals surface area contributed by atoms with Crippen LogP contribution in [0.5, 0.6) is 0 Å². The van der Waals surface area contributed by atoms with Crippen LogP contribution in [0.4, 0.5) is 0 Å². The van der Waals surface area contributed by atoms with Gasteiger partial charge in [0.15, 0.2) is 0 Å². The Hall–Kier alpha value is -0.280. The lowest BCUT2D eigenvalue weighted by atomic mass is 9.81. The second-order valence-corrected chi connectivity index (χ2v) is 6.93. The molecular formula is C17H25Cl2NO. The summed E-state index contributed by atoms with van der Waals surface area (Å²) in [7, 11) is 0. The Morgan fingerprint density at radius 2 is 1.90 bits per heavy atom. The Bertz CT molecular complexity index is 480. The van der Waals surface area contributed by atoms with Gasteiger partial charge >= 0.3 is 0 Å². The van der Waals surface area contributed by atoms with E-state index in [0.29, 0.717) is 29.0 Å². The van der Waals surface area contributed by atoms with Crippen LogP contribution < -0.4 is 5.32 Å². The fourth-order valence-electron chi connectivity index (χ4n) is 3.52. The van der Waals surface area contributed by atoms with Crippen molar-refractivity contribution in [3.63, 3.8) is 0 Å². The number of nitrogens with one attached hydrogen (secondary N) is 1. The lowest BCUT2D eigenvalue weighted by Gasteiger charge is -2.30. The van der Waals surface area contributed by atoms with E-state index < -0.39 is 0 Å². The van der Waals surface area contributed by atoms with E-state index in [1.54, 1.807) is 0 Å². The van der Waals surface area contributed by atoms with E-state index in [0.717, 1.165) is 23.6 Å². The average Bonchev–Trinajstić information content (AvgIpc) is 2.66. The summed E-state index contributed by atoms with van der Waals surface area (Å²) in [6.45, 7) is 9.72. The predicted octanol–water partition coefficient (Wildman–Crippen LogP) is 4.57. The van der Waals surface area contributed by atoms with Crippen LogP contribution in [0.2, 0.25) is 10.0 Å². The molecule has 4 heteroatoms. The first kappa shape index (κ1) is 17.1. The van der Waals surface area contributed by atoms with E-state index in [-0.39, 0.29) is 6.10 Å². The van der Waals surface area contributed by atoms with Crippen molar-refractivity contribution in [2.75, 3.05) is 6.54 Å². The van der Waals surface area contributed by atoms with Gasteiger partial charge in [-0.1, -0.05) is 43.1 Å². The predicted molar refractivity (Wildman–Crippen MR) is 90.3 cm³/mol. The topological polar surface area (TPSA) is 21.3 Å². The van der Waals surface area contributed by atoms with Gasteiger partial charge < -0.3 is 10.1 Å². The number of hydrogen-bond acceptors (Lipinski definition) is 2. The summed E-state index contributed by atoms with van der Waals surface area (Å²) in [5.41, 5.74) is 1.14. The second kappa shape index (κ2) is 7.32. The van der Waals surface area contributed by atoms with E-state index in [9.17, 15) is 0 Å². The van der Waals surface area contributed by atoms with Crippen LogP contribution in [-0.2, 0) is 11.2 Å². The van der Waals surface area contributed by atoms with Gasteiger partial charge in [0.1, 0.15) is 0 Å². The van der Waals surface area contributed by atoms with Gasteiger partial charge in [-0.15, -0.1) is 0 Å². The molecule has 1 saturated heterocycles. The molecule has 1 aliphatic rings. The number of rotatable bonds is 5. The summed E-state index contributed by atoms with van der Waals surface area (Å²) in [5, 5.41) is 5.06. The SMILES string of the molecule is CCNC(Cc1ccc(Cl)cc1Cl)C1C(C)OC(C)C1C. The van der Waals surface area contributed by atoms with Gasteiger partial charge in [0.05, 0.1) is 12.2 Å². The maximum Gasteiger partial charge on any atom is 0.0597 e. The Morgan fingerprint density at radius 1 is 1.19 bits per heavy atom. The lowest BCUT2D eigenvalue weighted by Crippen LogP contribution is -2.43. The minimum atomic E-state index is 0.269. The summed E-state index contributed by atoms with van der Waals surface area (Å²) >= 11 is 12.3. The first-order valence-electron chi connectivity index (χ1n) is 7.76. The van der Waals surface area contributed by atoms with Gasteiger partial charge in [-0.05, 0) is 50.4 Å². The van der Waals surface area contributed by atoms with Crippen molar-refractivity contribution in [2.45, 2.75) is 52.4 Å². The number of halogens is 2. The number of ether oxygens (including phenoxy) is 1. The number of hydrogen-bond donors (Lipinski definition) is 1. The Labute approximate surface area is 138 Å². The standard InChI is InChI=1S/C17H25Cl2NO/c1-5-20-16(17-10(2)11(3)21-12(17)4)8-13-6-7-14(18)9-15(13)19/h6-7,9-12,16-17,20H,5,8H2,1-4H3. The molecule has 2 rings (SSSR count). The van der Waals surface area contributed by atoms with Gasteiger partial charge in [-0.25, -0.2) is 0 Å². The largest absolute Gasteiger partial charge is 0.375 e. The molecular weight excluding hydrogens is 305 g/mol. The molecule has 0 spiro atoms. The van der Waals surface area contributed by atoms with Crippen LogP contribution in [-0.4, -0.2) is 24.8 Å². The van der Waals surface area contributed by atoms with Crippen molar-refractivity contribution in [3.8, 4) is 0 Å². The summed E-state index contributed by atoms with van der Waals surface area (Å²) in [5.74, 6) is 1.03. The van der Waals surface area contributed by atoms with Gasteiger partial charge in [-0.3, -0.25) is 0 Å². The molecule has 1 heterocycles. The summed E-state index contributed by atoms with van der Waals surface area (Å²) in [6, 6.07) is 6.13. The maximum atomic E-state index is 6.34. The molecule has 0 amide bonds. The molecule has 1 aromatic rings. The smallest absolute Gasteiger partial charge is 0.0597 e. The molecule has 0 aliphatic carbocycles. The zero-order valence-corrected chi connectivity index (χ0v) is 14.7. The van der Waals surface area contributed by atoms with Crippen molar-refractivity contribution >= 4 is 23.2 Å². The second-order valence-electron chi connectivity index (χ2n) is 6.09. The third kappa shape index (κ3) is 3.92. The Morgan fingerprint density at radius 3 is 2.43 bits per heavy atom. The molecule has 0 saturated carbocycles. The van der Waals surface area contributed by atoms with Gasteiger partial charge in [0, 0.05) is 22.0 Å². The Kier molecular flexibility index (Phi) is 5.96. The third-order valence-corrected chi connectivity index (χ3v) is 5.29. The maximum absolute atomic E-state index is 6.34. The molecule has 5 atom stereocenters. The van der Waals surface area contributed by atoms with E-state index in [2.05, 4.69) is 33.0 Å². The zero-order valence-electron chi connectivity index (χ0n) is 13.2. The highest BCUT2D eigenvalue weighted by Gasteiger charge is 2.41. The van der Waals surface area contributed by atoms with Crippen LogP contribution in [0.1, 0.15) is 33.3 Å². The molecule has 1 aromatic carbocycles. The third-order valence-electron chi connectivity index (χ3n) is 4.70. The molecule has 0 bridgehead atoms. The minimum Gasteiger partial charge on any atom is -0.375 e. The molecule has 1 fully saturated rings. The van der Waals surface area contributed by atoms with E-state index >= 15 is 0 Å².